The Hall–Kier alpha value is -0.540. The summed E-state index contributed by atoms with van der Waals surface area (Å²) in [6, 6.07) is 7.13. The fraction of sp³-hybridized carbons (Fsp3) is 0.538. The smallest absolute Gasteiger partial charge is 0.330 e. The van der Waals surface area contributed by atoms with Crippen LogP contribution >= 0.6 is 19.2 Å². The average molecular weight is 307 g/mol. The van der Waals surface area contributed by atoms with E-state index in [1.165, 1.54) is 0 Å². The quantitative estimate of drug-likeness (QED) is 0.502. The van der Waals surface area contributed by atoms with Crippen molar-refractivity contribution in [1.82, 2.24) is 0 Å². The maximum Gasteiger partial charge on any atom is 0.330 e. The molecule has 6 heteroatoms. The Bertz CT molecular complexity index is 398. The van der Waals surface area contributed by atoms with Gasteiger partial charge in [0, 0.05) is 5.02 Å². The molecule has 0 radical (unpaired) electrons. The van der Waals surface area contributed by atoms with Crippen LogP contribution in [-0.4, -0.2) is 26.0 Å². The minimum absolute atomic E-state index is 0.363. The summed E-state index contributed by atoms with van der Waals surface area (Å²) in [5, 5.41) is 0.671. The van der Waals surface area contributed by atoms with Crippen molar-refractivity contribution in [1.29, 1.82) is 0 Å². The van der Waals surface area contributed by atoms with E-state index in [1.54, 1.807) is 38.1 Å². The largest absolute Gasteiger partial charge is 0.494 e. The molecular weight excluding hydrogens is 287 g/mol. The van der Waals surface area contributed by atoms with Crippen molar-refractivity contribution in [3.63, 3.8) is 0 Å². The molecule has 0 bridgehead atoms. The molecule has 0 atom stereocenters. The Morgan fingerprint density at radius 1 is 1.11 bits per heavy atom. The second kappa shape index (κ2) is 8.60. The normalized spacial score (nSPS) is 11.5. The fourth-order valence-electron chi connectivity index (χ4n) is 1.54. The molecule has 1 aromatic rings. The van der Waals surface area contributed by atoms with Crippen LogP contribution in [0, 0.1) is 0 Å². The number of ether oxygens (including phenoxy) is 1. The molecule has 0 amide bonds. The maximum atomic E-state index is 12.2. The molecule has 0 saturated heterocycles. The Balaban J connectivity index is 2.32. The van der Waals surface area contributed by atoms with Gasteiger partial charge in [0.2, 0.25) is 0 Å². The number of rotatable bonds is 9. The molecule has 0 spiro atoms. The molecule has 4 nitrogen and oxygen atoms in total. The zero-order valence-electron chi connectivity index (χ0n) is 11.3. The average Bonchev–Trinajstić information content (AvgIpc) is 2.37. The zero-order valence-corrected chi connectivity index (χ0v) is 13.0. The van der Waals surface area contributed by atoms with Gasteiger partial charge in [-0.1, -0.05) is 11.6 Å². The molecule has 0 aliphatic carbocycles. The molecule has 0 aromatic heterocycles. The van der Waals surface area contributed by atoms with Gasteiger partial charge >= 0.3 is 7.60 Å². The highest BCUT2D eigenvalue weighted by molar-refractivity contribution is 7.53. The van der Waals surface area contributed by atoms with E-state index in [-0.39, 0.29) is 0 Å². The molecule has 0 heterocycles. The van der Waals surface area contributed by atoms with Crippen LogP contribution < -0.4 is 4.74 Å². The molecular formula is C13H20ClO4P. The lowest BCUT2D eigenvalue weighted by molar-refractivity contribution is 0.216. The van der Waals surface area contributed by atoms with Crippen LogP contribution in [-0.2, 0) is 13.6 Å². The molecule has 0 aliphatic rings. The van der Waals surface area contributed by atoms with Crippen LogP contribution in [0.25, 0.3) is 0 Å². The van der Waals surface area contributed by atoms with E-state index in [4.69, 9.17) is 25.4 Å². The summed E-state index contributed by atoms with van der Waals surface area (Å²) in [6.07, 6.45) is 0.974. The Kier molecular flexibility index (Phi) is 7.47. The third-order valence-corrected chi connectivity index (χ3v) is 4.73. The summed E-state index contributed by atoms with van der Waals surface area (Å²) in [6.45, 7) is 4.84. The van der Waals surface area contributed by atoms with E-state index in [0.29, 0.717) is 37.4 Å². The number of hydrogen-bond donors (Lipinski definition) is 0. The number of halogens is 1. The standard InChI is InChI=1S/C13H20ClO4P/c1-3-17-19(15,18-4-2)11-5-10-16-13-8-6-12(14)7-9-13/h6-9H,3-5,10-11H2,1-2H3. The van der Waals surface area contributed by atoms with Crippen molar-refractivity contribution in [2.75, 3.05) is 26.0 Å². The van der Waals surface area contributed by atoms with Gasteiger partial charge in [0.1, 0.15) is 5.75 Å². The van der Waals surface area contributed by atoms with Crippen LogP contribution in [0.1, 0.15) is 20.3 Å². The van der Waals surface area contributed by atoms with E-state index in [2.05, 4.69) is 0 Å². The van der Waals surface area contributed by atoms with Crippen molar-refractivity contribution in [3.05, 3.63) is 29.3 Å². The van der Waals surface area contributed by atoms with Gasteiger partial charge in [-0.15, -0.1) is 0 Å². The number of benzene rings is 1. The van der Waals surface area contributed by atoms with E-state index in [9.17, 15) is 4.57 Å². The summed E-state index contributed by atoms with van der Waals surface area (Å²) in [7, 11) is -2.95. The molecule has 0 saturated carbocycles. The summed E-state index contributed by atoms with van der Waals surface area (Å²) >= 11 is 5.78. The SMILES string of the molecule is CCOP(=O)(CCCOc1ccc(Cl)cc1)OCC. The third kappa shape index (κ3) is 6.44. The summed E-state index contributed by atoms with van der Waals surface area (Å²) in [4.78, 5) is 0. The predicted octanol–water partition coefficient (Wildman–Crippen LogP) is 4.38. The van der Waals surface area contributed by atoms with Crippen molar-refractivity contribution in [3.8, 4) is 5.75 Å². The molecule has 0 N–H and O–H groups in total. The molecule has 1 aromatic carbocycles. The van der Waals surface area contributed by atoms with E-state index < -0.39 is 7.60 Å². The van der Waals surface area contributed by atoms with Gasteiger partial charge in [-0.05, 0) is 44.5 Å². The maximum absolute atomic E-state index is 12.2. The van der Waals surface area contributed by atoms with Gasteiger partial charge < -0.3 is 13.8 Å². The van der Waals surface area contributed by atoms with Gasteiger partial charge in [-0.2, -0.15) is 0 Å². The van der Waals surface area contributed by atoms with Crippen LogP contribution in [0.2, 0.25) is 5.02 Å². The first-order valence-electron chi connectivity index (χ1n) is 6.36. The minimum Gasteiger partial charge on any atom is -0.494 e. The molecule has 0 aliphatic heterocycles. The summed E-state index contributed by atoms with van der Waals surface area (Å²) in [5.41, 5.74) is 0. The Morgan fingerprint density at radius 3 is 2.21 bits per heavy atom. The summed E-state index contributed by atoms with van der Waals surface area (Å²) < 4.78 is 28.1. The first-order chi connectivity index (χ1) is 9.09. The van der Waals surface area contributed by atoms with Crippen molar-refractivity contribution >= 4 is 19.2 Å². The van der Waals surface area contributed by atoms with Crippen LogP contribution in [0.5, 0.6) is 5.75 Å². The lowest BCUT2D eigenvalue weighted by Gasteiger charge is -2.16. The Morgan fingerprint density at radius 2 is 1.68 bits per heavy atom. The van der Waals surface area contributed by atoms with Gasteiger partial charge in [-0.3, -0.25) is 4.57 Å². The molecule has 19 heavy (non-hydrogen) atoms. The molecule has 1 rings (SSSR count). The van der Waals surface area contributed by atoms with Crippen LogP contribution in [0.15, 0.2) is 24.3 Å². The second-order valence-corrected chi connectivity index (χ2v) is 6.45. The highest BCUT2D eigenvalue weighted by atomic mass is 35.5. The van der Waals surface area contributed by atoms with E-state index >= 15 is 0 Å². The minimum atomic E-state index is -2.95. The van der Waals surface area contributed by atoms with E-state index in [1.807, 2.05) is 0 Å². The van der Waals surface area contributed by atoms with Crippen LogP contribution in [0.4, 0.5) is 0 Å². The first-order valence-corrected chi connectivity index (χ1v) is 8.46. The van der Waals surface area contributed by atoms with E-state index in [0.717, 1.165) is 5.75 Å². The van der Waals surface area contributed by atoms with Crippen molar-refractivity contribution < 1.29 is 18.3 Å². The molecule has 0 fully saturated rings. The monoisotopic (exact) mass is 306 g/mol. The molecule has 0 unspecified atom stereocenters. The Labute approximate surface area is 119 Å². The number of hydrogen-bond acceptors (Lipinski definition) is 4. The highest BCUT2D eigenvalue weighted by Gasteiger charge is 2.22. The van der Waals surface area contributed by atoms with Gasteiger partial charge in [-0.25, -0.2) is 0 Å². The summed E-state index contributed by atoms with van der Waals surface area (Å²) in [5.74, 6) is 0.743. The van der Waals surface area contributed by atoms with Gasteiger partial charge in [0.15, 0.2) is 0 Å². The fourth-order valence-corrected chi connectivity index (χ4v) is 3.30. The first kappa shape index (κ1) is 16.5. The van der Waals surface area contributed by atoms with Gasteiger partial charge in [0.05, 0.1) is 26.0 Å². The lowest BCUT2D eigenvalue weighted by atomic mass is 10.3. The van der Waals surface area contributed by atoms with Crippen molar-refractivity contribution in [2.45, 2.75) is 20.3 Å². The zero-order chi connectivity index (χ0) is 14.1. The second-order valence-electron chi connectivity index (χ2n) is 3.83. The predicted molar refractivity (Wildman–Crippen MR) is 77.3 cm³/mol. The van der Waals surface area contributed by atoms with Crippen LogP contribution in [0.3, 0.4) is 0 Å². The van der Waals surface area contributed by atoms with Gasteiger partial charge in [0.25, 0.3) is 0 Å². The third-order valence-electron chi connectivity index (χ3n) is 2.31. The topological polar surface area (TPSA) is 44.8 Å². The lowest BCUT2D eigenvalue weighted by Crippen LogP contribution is -2.05. The highest BCUT2D eigenvalue weighted by Crippen LogP contribution is 2.48. The molecule has 108 valence electrons. The van der Waals surface area contributed by atoms with Crippen molar-refractivity contribution in [2.24, 2.45) is 0 Å².